The number of rotatable bonds is 20. The molecule has 27 heavy (non-hydrogen) atoms. The summed E-state index contributed by atoms with van der Waals surface area (Å²) in [5.74, 6) is 0. The van der Waals surface area contributed by atoms with Gasteiger partial charge in [0.25, 0.3) is 0 Å². The Labute approximate surface area is 163 Å². The molecule has 1 aliphatic rings. The van der Waals surface area contributed by atoms with E-state index in [-0.39, 0.29) is 6.29 Å². The van der Waals surface area contributed by atoms with Crippen LogP contribution in [0.3, 0.4) is 0 Å². The fraction of sp³-hybridized carbons (Fsp3) is 0.895. The van der Waals surface area contributed by atoms with Gasteiger partial charge in [-0.25, -0.2) is 0 Å². The van der Waals surface area contributed by atoms with Crippen LogP contribution in [0, 0.1) is 0 Å². The van der Waals surface area contributed by atoms with Crippen LogP contribution in [0.15, 0.2) is 12.8 Å². The van der Waals surface area contributed by atoms with Gasteiger partial charge in [0.05, 0.1) is 78.9 Å². The first-order chi connectivity index (χ1) is 13.4. The van der Waals surface area contributed by atoms with Crippen molar-refractivity contribution in [3.8, 4) is 0 Å². The fourth-order valence-electron chi connectivity index (χ4n) is 2.25. The van der Waals surface area contributed by atoms with Crippen LogP contribution >= 0.6 is 0 Å². The van der Waals surface area contributed by atoms with Crippen molar-refractivity contribution in [3.05, 3.63) is 12.8 Å². The van der Waals surface area contributed by atoms with Gasteiger partial charge in [-0.3, -0.25) is 0 Å². The molecular weight excluding hydrogens is 356 g/mol. The predicted octanol–water partition coefficient (Wildman–Crippen LogP) is 1.77. The van der Waals surface area contributed by atoms with E-state index in [1.165, 1.54) is 12.7 Å². The summed E-state index contributed by atoms with van der Waals surface area (Å²) in [7, 11) is 0. The molecule has 8 heteroatoms. The molecule has 0 radical (unpaired) electrons. The standard InChI is InChI=1S/C19H36O8/c1-2-20-7-8-21-9-10-22-11-12-23-13-14-24-15-16-25-17-18-27-19-5-3-4-6-26-19/h2,19H,1,3-18H2. The highest BCUT2D eigenvalue weighted by Gasteiger charge is 2.13. The molecule has 1 unspecified atom stereocenters. The molecule has 0 aromatic heterocycles. The monoisotopic (exact) mass is 392 g/mol. The van der Waals surface area contributed by atoms with Gasteiger partial charge in [0.15, 0.2) is 6.29 Å². The van der Waals surface area contributed by atoms with E-state index in [9.17, 15) is 0 Å². The smallest absolute Gasteiger partial charge is 0.157 e. The lowest BCUT2D eigenvalue weighted by Gasteiger charge is -2.22. The molecule has 0 N–H and O–H groups in total. The van der Waals surface area contributed by atoms with E-state index in [1.54, 1.807) is 0 Å². The van der Waals surface area contributed by atoms with Crippen molar-refractivity contribution in [3.63, 3.8) is 0 Å². The minimum Gasteiger partial charge on any atom is -0.499 e. The molecule has 1 aliphatic heterocycles. The molecule has 1 atom stereocenters. The highest BCUT2D eigenvalue weighted by atomic mass is 16.7. The summed E-state index contributed by atoms with van der Waals surface area (Å²) in [4.78, 5) is 0. The molecule has 0 aromatic carbocycles. The lowest BCUT2D eigenvalue weighted by molar-refractivity contribution is -0.169. The van der Waals surface area contributed by atoms with E-state index in [4.69, 9.17) is 37.9 Å². The number of hydrogen-bond acceptors (Lipinski definition) is 8. The van der Waals surface area contributed by atoms with Gasteiger partial charge in [0.1, 0.15) is 6.61 Å². The molecular formula is C19H36O8. The summed E-state index contributed by atoms with van der Waals surface area (Å²) in [6, 6.07) is 0. The Morgan fingerprint density at radius 2 is 1.15 bits per heavy atom. The van der Waals surface area contributed by atoms with Gasteiger partial charge in [-0.05, 0) is 19.3 Å². The lowest BCUT2D eigenvalue weighted by Crippen LogP contribution is -2.24. The molecule has 1 saturated heterocycles. The van der Waals surface area contributed by atoms with E-state index < -0.39 is 0 Å². The molecule has 0 spiro atoms. The molecule has 8 nitrogen and oxygen atoms in total. The van der Waals surface area contributed by atoms with Crippen molar-refractivity contribution >= 4 is 0 Å². The van der Waals surface area contributed by atoms with Crippen molar-refractivity contribution < 1.29 is 37.9 Å². The van der Waals surface area contributed by atoms with Gasteiger partial charge in [-0.15, -0.1) is 0 Å². The van der Waals surface area contributed by atoms with Crippen LogP contribution in [0.1, 0.15) is 19.3 Å². The Morgan fingerprint density at radius 1 is 0.667 bits per heavy atom. The number of hydrogen-bond donors (Lipinski definition) is 0. The van der Waals surface area contributed by atoms with Crippen LogP contribution in [-0.4, -0.2) is 92.2 Å². The Balaban J connectivity index is 1.64. The first-order valence-electron chi connectivity index (χ1n) is 9.78. The zero-order valence-electron chi connectivity index (χ0n) is 16.4. The fourth-order valence-corrected chi connectivity index (χ4v) is 2.25. The van der Waals surface area contributed by atoms with Crippen LogP contribution in [0.2, 0.25) is 0 Å². The minimum atomic E-state index is -0.0517. The van der Waals surface area contributed by atoms with Crippen molar-refractivity contribution in [1.82, 2.24) is 0 Å². The second kappa shape index (κ2) is 20.0. The lowest BCUT2D eigenvalue weighted by atomic mass is 10.2. The first kappa shape index (κ1) is 24.3. The van der Waals surface area contributed by atoms with Gasteiger partial charge in [0, 0.05) is 6.61 Å². The zero-order chi connectivity index (χ0) is 19.3. The molecule has 0 amide bonds. The topological polar surface area (TPSA) is 73.8 Å². The highest BCUT2D eigenvalue weighted by molar-refractivity contribution is 4.53. The highest BCUT2D eigenvalue weighted by Crippen LogP contribution is 2.13. The van der Waals surface area contributed by atoms with Gasteiger partial charge in [-0.1, -0.05) is 6.58 Å². The van der Waals surface area contributed by atoms with Crippen molar-refractivity contribution in [2.45, 2.75) is 25.6 Å². The maximum absolute atomic E-state index is 5.58. The molecule has 160 valence electrons. The first-order valence-corrected chi connectivity index (χ1v) is 9.78. The summed E-state index contributed by atoms with van der Waals surface area (Å²) >= 11 is 0. The summed E-state index contributed by atoms with van der Waals surface area (Å²) < 4.78 is 42.9. The van der Waals surface area contributed by atoms with Crippen LogP contribution in [0.4, 0.5) is 0 Å². The molecule has 0 aromatic rings. The SMILES string of the molecule is C=COCCOCCOCCOCCOCCOCCOC1CCCCO1. The van der Waals surface area contributed by atoms with Crippen molar-refractivity contribution in [2.24, 2.45) is 0 Å². The normalized spacial score (nSPS) is 17.1. The van der Waals surface area contributed by atoms with Gasteiger partial charge in [0.2, 0.25) is 0 Å². The van der Waals surface area contributed by atoms with E-state index in [0.717, 1.165) is 19.4 Å². The second-order valence-electron chi connectivity index (χ2n) is 5.77. The Hall–Kier alpha value is -0.740. The Kier molecular flexibility index (Phi) is 18.0. The Bertz CT molecular complexity index is 310. The third-order valence-electron chi connectivity index (χ3n) is 3.62. The third kappa shape index (κ3) is 17.1. The Morgan fingerprint density at radius 3 is 1.59 bits per heavy atom. The minimum absolute atomic E-state index is 0.0517. The van der Waals surface area contributed by atoms with Crippen molar-refractivity contribution in [1.29, 1.82) is 0 Å². The van der Waals surface area contributed by atoms with Crippen LogP contribution in [-0.2, 0) is 37.9 Å². The van der Waals surface area contributed by atoms with E-state index in [1.807, 2.05) is 0 Å². The quantitative estimate of drug-likeness (QED) is 0.229. The molecule has 0 aliphatic carbocycles. The maximum atomic E-state index is 5.58. The average molecular weight is 392 g/mol. The third-order valence-corrected chi connectivity index (χ3v) is 3.62. The van der Waals surface area contributed by atoms with Crippen LogP contribution < -0.4 is 0 Å². The molecule has 1 rings (SSSR count). The summed E-state index contributed by atoms with van der Waals surface area (Å²) in [6.45, 7) is 10.8. The summed E-state index contributed by atoms with van der Waals surface area (Å²) in [5.41, 5.74) is 0. The van der Waals surface area contributed by atoms with Gasteiger partial charge >= 0.3 is 0 Å². The largest absolute Gasteiger partial charge is 0.499 e. The number of ether oxygens (including phenoxy) is 8. The predicted molar refractivity (Wildman–Crippen MR) is 99.8 cm³/mol. The molecule has 1 heterocycles. The van der Waals surface area contributed by atoms with Crippen LogP contribution in [0.25, 0.3) is 0 Å². The summed E-state index contributed by atoms with van der Waals surface area (Å²) in [6.07, 6.45) is 4.63. The van der Waals surface area contributed by atoms with E-state index in [0.29, 0.717) is 79.3 Å². The second-order valence-corrected chi connectivity index (χ2v) is 5.77. The van der Waals surface area contributed by atoms with Gasteiger partial charge in [-0.2, -0.15) is 0 Å². The summed E-state index contributed by atoms with van der Waals surface area (Å²) in [5, 5.41) is 0. The zero-order valence-corrected chi connectivity index (χ0v) is 16.4. The van der Waals surface area contributed by atoms with Crippen LogP contribution in [0.5, 0.6) is 0 Å². The molecule has 0 bridgehead atoms. The average Bonchev–Trinajstić information content (AvgIpc) is 2.70. The van der Waals surface area contributed by atoms with E-state index in [2.05, 4.69) is 6.58 Å². The van der Waals surface area contributed by atoms with Crippen molar-refractivity contribution in [2.75, 3.05) is 85.9 Å². The molecule has 0 saturated carbocycles. The van der Waals surface area contributed by atoms with Gasteiger partial charge < -0.3 is 37.9 Å². The molecule has 1 fully saturated rings. The maximum Gasteiger partial charge on any atom is 0.157 e. The van der Waals surface area contributed by atoms with E-state index >= 15 is 0 Å².